The molecule has 2 aliphatic rings. The first-order valence-electron chi connectivity index (χ1n) is 8.92. The molecule has 9 nitrogen and oxygen atoms in total. The maximum absolute atomic E-state index is 12.9. The van der Waals surface area contributed by atoms with E-state index in [1.807, 2.05) is 0 Å². The highest BCUT2D eigenvalue weighted by Gasteiger charge is 2.51. The Morgan fingerprint density at radius 1 is 1.16 bits per heavy atom. The van der Waals surface area contributed by atoms with Crippen molar-refractivity contribution in [1.82, 2.24) is 4.73 Å². The van der Waals surface area contributed by atoms with Gasteiger partial charge in [0, 0.05) is 0 Å². The van der Waals surface area contributed by atoms with Crippen LogP contribution in [0.3, 0.4) is 0 Å². The summed E-state index contributed by atoms with van der Waals surface area (Å²) in [6, 6.07) is 2.24. The predicted octanol–water partition coefficient (Wildman–Crippen LogP) is 2.56. The maximum Gasteiger partial charge on any atom is 0.387 e. The number of hydrogen-bond donors (Lipinski definition) is 1. The number of amides is 1. The van der Waals surface area contributed by atoms with E-state index in [1.165, 1.54) is 0 Å². The summed E-state index contributed by atoms with van der Waals surface area (Å²) < 4.78 is 65.4. The monoisotopic (exact) mass is 510 g/mol. The molecule has 32 heavy (non-hydrogen) atoms. The van der Waals surface area contributed by atoms with Crippen LogP contribution in [0.15, 0.2) is 29.5 Å². The normalized spacial score (nSPS) is 18.0. The number of hydrogen-bond acceptors (Lipinski definition) is 7. The van der Waals surface area contributed by atoms with E-state index < -0.39 is 27.8 Å². The largest absolute Gasteiger partial charge is 0.488 e. The quantitative estimate of drug-likeness (QED) is 0.630. The molecular formula is C18H14Cl2F2N2O7S. The number of fused-ring (bicyclic) bond motifs is 1. The fraction of sp³-hybridized carbons (Fsp3) is 0.333. The number of benzene rings is 1. The van der Waals surface area contributed by atoms with Crippen molar-refractivity contribution in [3.63, 3.8) is 0 Å². The Morgan fingerprint density at radius 3 is 2.31 bits per heavy atom. The van der Waals surface area contributed by atoms with Gasteiger partial charge in [0.15, 0.2) is 21.3 Å². The molecule has 0 unspecified atom stereocenters. The first-order chi connectivity index (χ1) is 15.0. The van der Waals surface area contributed by atoms with Crippen LogP contribution < -0.4 is 19.6 Å². The third kappa shape index (κ3) is 4.34. The molecule has 14 heteroatoms. The van der Waals surface area contributed by atoms with E-state index in [0.29, 0.717) is 4.73 Å². The van der Waals surface area contributed by atoms with Gasteiger partial charge in [-0.15, -0.1) is 0 Å². The summed E-state index contributed by atoms with van der Waals surface area (Å²) in [6.07, 6.45) is 2.11. The van der Waals surface area contributed by atoms with Crippen LogP contribution >= 0.6 is 23.2 Å². The first kappa shape index (κ1) is 22.6. The lowest BCUT2D eigenvalue weighted by atomic mass is 9.94. The van der Waals surface area contributed by atoms with E-state index in [4.69, 9.17) is 32.7 Å². The fourth-order valence-corrected chi connectivity index (χ4v) is 6.16. The summed E-state index contributed by atoms with van der Waals surface area (Å²) in [5, 5.41) is 9.04. The number of nitrogens with zero attached hydrogens (tertiary/aromatic N) is 2. The number of ether oxygens (including phenoxy) is 3. The van der Waals surface area contributed by atoms with Crippen LogP contribution in [0.4, 0.5) is 8.78 Å². The van der Waals surface area contributed by atoms with Gasteiger partial charge in [0.2, 0.25) is 5.75 Å². The van der Waals surface area contributed by atoms with E-state index in [1.54, 1.807) is 0 Å². The summed E-state index contributed by atoms with van der Waals surface area (Å²) in [4.78, 5) is 16.7. The van der Waals surface area contributed by atoms with E-state index >= 15 is 0 Å². The lowest BCUT2D eigenvalue weighted by Gasteiger charge is -2.38. The minimum atomic E-state index is -3.25. The zero-order valence-corrected chi connectivity index (χ0v) is 18.3. The molecule has 3 heterocycles. The third-order valence-electron chi connectivity index (χ3n) is 4.78. The zero-order valence-electron chi connectivity index (χ0n) is 15.9. The molecular weight excluding hydrogens is 497 g/mol. The molecule has 1 N–H and O–H groups in total. The van der Waals surface area contributed by atoms with E-state index in [9.17, 15) is 27.2 Å². The topological polar surface area (TPSA) is 116 Å². The molecule has 2 aromatic rings. The van der Waals surface area contributed by atoms with Crippen LogP contribution in [0.25, 0.3) is 0 Å². The maximum atomic E-state index is 12.9. The molecule has 1 aromatic carbocycles. The first-order valence-corrected chi connectivity index (χ1v) is 11.5. The molecule has 1 aromatic heterocycles. The van der Waals surface area contributed by atoms with Crippen molar-refractivity contribution in [3.8, 4) is 17.2 Å². The number of carbonyl (C=O) groups is 1. The Bertz CT molecular complexity index is 1240. The van der Waals surface area contributed by atoms with Gasteiger partial charge >= 0.3 is 6.61 Å². The molecule has 1 spiro atoms. The minimum Gasteiger partial charge on any atom is -0.488 e. The molecule has 0 aliphatic carbocycles. The molecule has 172 valence electrons. The number of rotatable bonds is 3. The highest BCUT2D eigenvalue weighted by Crippen LogP contribution is 2.46. The molecule has 4 rings (SSSR count). The molecule has 0 atom stereocenters. The van der Waals surface area contributed by atoms with Crippen molar-refractivity contribution in [2.45, 2.75) is 6.61 Å². The lowest BCUT2D eigenvalue weighted by Crippen LogP contribution is -2.55. The summed E-state index contributed by atoms with van der Waals surface area (Å²) in [7, 11) is -3.25. The Labute approximate surface area is 189 Å². The number of sulfone groups is 1. The van der Waals surface area contributed by atoms with Gasteiger partial charge in [0.1, 0.15) is 5.36 Å². The molecule has 1 fully saturated rings. The highest BCUT2D eigenvalue weighted by molar-refractivity contribution is 7.92. The molecule has 0 saturated carbocycles. The second kappa shape index (κ2) is 8.09. The van der Waals surface area contributed by atoms with Crippen molar-refractivity contribution in [3.05, 3.63) is 45.5 Å². The molecule has 1 amide bonds. The van der Waals surface area contributed by atoms with Gasteiger partial charge in [-0.3, -0.25) is 4.79 Å². The number of aromatic nitrogens is 1. The molecule has 2 aliphatic heterocycles. The van der Waals surface area contributed by atoms with Gasteiger partial charge in [-0.05, 0) is 12.1 Å². The minimum absolute atomic E-state index is 0.130. The van der Waals surface area contributed by atoms with Crippen LogP contribution in [0, 0.1) is 5.41 Å². The SMILES string of the molecule is O=C(N=c1c(Cl)cn(O)cc1Cl)c1ccc(OC(F)F)c2c1OCC1(CO2)CS(=O)(=O)C1. The Kier molecular flexibility index (Phi) is 5.72. The molecule has 0 bridgehead atoms. The van der Waals surface area contributed by atoms with Gasteiger partial charge in [0.25, 0.3) is 5.91 Å². The van der Waals surface area contributed by atoms with Gasteiger partial charge < -0.3 is 19.4 Å². The highest BCUT2D eigenvalue weighted by atomic mass is 35.5. The average Bonchev–Trinajstić information content (AvgIpc) is 2.84. The Balaban J connectivity index is 1.77. The van der Waals surface area contributed by atoms with E-state index in [-0.39, 0.29) is 62.9 Å². The number of carbonyl (C=O) groups excluding carboxylic acids is 1. The smallest absolute Gasteiger partial charge is 0.387 e. The molecule has 1 saturated heterocycles. The number of halogens is 4. The van der Waals surface area contributed by atoms with Crippen LogP contribution in [-0.4, -0.2) is 55.6 Å². The second-order valence-corrected chi connectivity index (χ2v) is 10.2. The summed E-state index contributed by atoms with van der Waals surface area (Å²) >= 11 is 12.0. The summed E-state index contributed by atoms with van der Waals surface area (Å²) in [6.45, 7) is -3.45. The van der Waals surface area contributed by atoms with Crippen molar-refractivity contribution in [1.29, 1.82) is 0 Å². The third-order valence-corrected chi connectivity index (χ3v) is 7.43. The van der Waals surface area contributed by atoms with Crippen LogP contribution in [-0.2, 0) is 9.84 Å². The zero-order chi connectivity index (χ0) is 23.3. The Morgan fingerprint density at radius 2 is 1.75 bits per heavy atom. The van der Waals surface area contributed by atoms with Crippen LogP contribution in [0.1, 0.15) is 10.4 Å². The van der Waals surface area contributed by atoms with Crippen LogP contribution in [0.2, 0.25) is 10.0 Å². The standard InChI is InChI=1S/C18H14Cl2F2N2O7S/c19-10-3-24(26)4-11(20)13(10)23-16(25)9-1-2-12(31-17(21)22)15-14(9)29-5-18(6-30-15)7-32(27,28)8-18/h1-4,17,26H,5-8H2. The van der Waals surface area contributed by atoms with E-state index in [0.717, 1.165) is 24.5 Å². The fourth-order valence-electron chi connectivity index (χ4n) is 3.51. The van der Waals surface area contributed by atoms with Crippen molar-refractivity contribution >= 4 is 38.9 Å². The van der Waals surface area contributed by atoms with E-state index in [2.05, 4.69) is 9.73 Å². The average molecular weight is 511 g/mol. The van der Waals surface area contributed by atoms with Crippen molar-refractivity contribution in [2.75, 3.05) is 24.7 Å². The molecule has 0 radical (unpaired) electrons. The summed E-state index contributed by atoms with van der Waals surface area (Å²) in [5.41, 5.74) is -1.05. The summed E-state index contributed by atoms with van der Waals surface area (Å²) in [5.74, 6) is -2.19. The second-order valence-electron chi connectivity index (χ2n) is 7.36. The van der Waals surface area contributed by atoms with Crippen LogP contribution in [0.5, 0.6) is 17.2 Å². The van der Waals surface area contributed by atoms with Gasteiger partial charge in [-0.2, -0.15) is 13.5 Å². The number of pyridine rings is 1. The Hall–Kier alpha value is -2.57. The van der Waals surface area contributed by atoms with Gasteiger partial charge in [-0.1, -0.05) is 23.2 Å². The lowest BCUT2D eigenvalue weighted by molar-refractivity contribution is -0.0516. The predicted molar refractivity (Wildman–Crippen MR) is 107 cm³/mol. The van der Waals surface area contributed by atoms with Crippen molar-refractivity contribution in [2.24, 2.45) is 10.4 Å². The van der Waals surface area contributed by atoms with Gasteiger partial charge in [-0.25, -0.2) is 13.4 Å². The number of alkyl halides is 2. The van der Waals surface area contributed by atoms with Crippen molar-refractivity contribution < 1.29 is 41.4 Å². The van der Waals surface area contributed by atoms with Gasteiger partial charge in [0.05, 0.1) is 58.1 Å².